The van der Waals surface area contributed by atoms with Crippen molar-refractivity contribution in [3.05, 3.63) is 70.2 Å². The number of aryl methyl sites for hydroxylation is 1. The predicted octanol–water partition coefficient (Wildman–Crippen LogP) is 2.73. The first kappa shape index (κ1) is 19.4. The van der Waals surface area contributed by atoms with Gasteiger partial charge >= 0.3 is 0 Å². The molecule has 0 unspecified atom stereocenters. The van der Waals surface area contributed by atoms with E-state index in [1.165, 1.54) is 0 Å². The third-order valence-electron chi connectivity index (χ3n) is 3.80. The average molecular weight is 381 g/mol. The van der Waals surface area contributed by atoms with Crippen LogP contribution in [0.3, 0.4) is 0 Å². The Balaban J connectivity index is 2.00. The molecule has 0 fully saturated rings. The molecule has 0 heterocycles. The molecule has 0 saturated carbocycles. The summed E-state index contributed by atoms with van der Waals surface area (Å²) in [7, 11) is -3.52. The van der Waals surface area contributed by atoms with E-state index >= 15 is 0 Å². The fourth-order valence-electron chi connectivity index (χ4n) is 2.30. The molecule has 0 atom stereocenters. The zero-order valence-electron chi connectivity index (χ0n) is 14.2. The van der Waals surface area contributed by atoms with E-state index in [4.69, 9.17) is 11.6 Å². The van der Waals surface area contributed by atoms with Crippen LogP contribution in [-0.4, -0.2) is 31.4 Å². The van der Waals surface area contributed by atoms with E-state index in [1.807, 2.05) is 31.2 Å². The predicted molar refractivity (Wildman–Crippen MR) is 99.7 cm³/mol. The Morgan fingerprint density at radius 1 is 1.12 bits per heavy atom. The van der Waals surface area contributed by atoms with E-state index in [2.05, 4.69) is 5.32 Å². The van der Waals surface area contributed by atoms with Gasteiger partial charge in [-0.15, -0.1) is 0 Å². The Labute approximate surface area is 153 Å². The van der Waals surface area contributed by atoms with E-state index in [1.54, 1.807) is 24.3 Å². The number of halogens is 1. The van der Waals surface area contributed by atoms with Gasteiger partial charge in [0.05, 0.1) is 12.8 Å². The zero-order valence-corrected chi connectivity index (χ0v) is 15.8. The van der Waals surface area contributed by atoms with Crippen LogP contribution in [0, 0.1) is 6.92 Å². The Morgan fingerprint density at radius 3 is 2.36 bits per heavy atom. The molecule has 2 aromatic rings. The van der Waals surface area contributed by atoms with Crippen LogP contribution in [0.5, 0.6) is 0 Å². The van der Waals surface area contributed by atoms with Gasteiger partial charge in [0.2, 0.25) is 15.9 Å². The fourth-order valence-corrected chi connectivity index (χ4v) is 3.16. The minimum atomic E-state index is -3.52. The number of nitrogens with zero attached hydrogens (tertiary/aromatic N) is 1. The van der Waals surface area contributed by atoms with Gasteiger partial charge in [-0.2, -0.15) is 4.31 Å². The van der Waals surface area contributed by atoms with Crippen LogP contribution in [0.15, 0.2) is 48.5 Å². The molecule has 5 nitrogen and oxygen atoms in total. The number of sulfonamides is 1. The molecule has 0 saturated heterocycles. The highest BCUT2D eigenvalue weighted by Gasteiger charge is 2.20. The van der Waals surface area contributed by atoms with Crippen LogP contribution in [-0.2, 0) is 27.9 Å². The minimum absolute atomic E-state index is 0.119. The summed E-state index contributed by atoms with van der Waals surface area (Å²) in [4.78, 5) is 12.2. The van der Waals surface area contributed by atoms with Crippen molar-refractivity contribution in [2.45, 2.75) is 20.0 Å². The molecular formula is C18H21ClN2O3S. The molecule has 0 aliphatic heterocycles. The minimum Gasteiger partial charge on any atom is -0.351 e. The third-order valence-corrected chi connectivity index (χ3v) is 5.25. The van der Waals surface area contributed by atoms with Gasteiger partial charge in [0, 0.05) is 18.1 Å². The Bertz CT molecular complexity index is 836. The first-order valence-corrected chi connectivity index (χ1v) is 9.99. The monoisotopic (exact) mass is 380 g/mol. The molecule has 0 aromatic heterocycles. The van der Waals surface area contributed by atoms with E-state index < -0.39 is 10.0 Å². The summed E-state index contributed by atoms with van der Waals surface area (Å²) in [6.45, 7) is 2.22. The van der Waals surface area contributed by atoms with Crippen molar-refractivity contribution in [2.75, 3.05) is 12.8 Å². The number of carbonyl (C=O) groups is 1. The molecule has 25 heavy (non-hydrogen) atoms. The van der Waals surface area contributed by atoms with E-state index in [-0.39, 0.29) is 19.0 Å². The third kappa shape index (κ3) is 6.16. The van der Waals surface area contributed by atoms with Gasteiger partial charge in [0.15, 0.2) is 0 Å². The van der Waals surface area contributed by atoms with Gasteiger partial charge in [-0.25, -0.2) is 8.42 Å². The van der Waals surface area contributed by atoms with Crippen LogP contribution in [0.4, 0.5) is 0 Å². The molecule has 2 rings (SSSR count). The Morgan fingerprint density at radius 2 is 1.76 bits per heavy atom. The summed E-state index contributed by atoms with van der Waals surface area (Å²) in [5.41, 5.74) is 2.84. The van der Waals surface area contributed by atoms with Gasteiger partial charge in [0.1, 0.15) is 0 Å². The van der Waals surface area contributed by atoms with Gasteiger partial charge in [-0.3, -0.25) is 4.79 Å². The van der Waals surface area contributed by atoms with E-state index in [0.717, 1.165) is 27.3 Å². The molecule has 0 bridgehead atoms. The Kier molecular flexibility index (Phi) is 6.58. The van der Waals surface area contributed by atoms with Gasteiger partial charge in [-0.05, 0) is 35.7 Å². The molecular weight excluding hydrogens is 360 g/mol. The molecule has 2 aromatic carbocycles. The lowest BCUT2D eigenvalue weighted by atomic mass is 10.1. The molecule has 7 heteroatoms. The quantitative estimate of drug-likeness (QED) is 0.803. The van der Waals surface area contributed by atoms with Gasteiger partial charge in [0.25, 0.3) is 0 Å². The smallest absolute Gasteiger partial charge is 0.235 e. The van der Waals surface area contributed by atoms with Crippen LogP contribution in [0.1, 0.15) is 16.7 Å². The maximum absolute atomic E-state index is 12.2. The van der Waals surface area contributed by atoms with Crippen molar-refractivity contribution in [1.29, 1.82) is 0 Å². The first-order chi connectivity index (χ1) is 11.8. The lowest BCUT2D eigenvalue weighted by molar-refractivity contribution is -0.121. The summed E-state index contributed by atoms with van der Waals surface area (Å²) >= 11 is 5.84. The van der Waals surface area contributed by atoms with Gasteiger partial charge in [-0.1, -0.05) is 48.0 Å². The van der Waals surface area contributed by atoms with Crippen molar-refractivity contribution < 1.29 is 13.2 Å². The number of hydrogen-bond donors (Lipinski definition) is 1. The standard InChI is InChI=1S/C18H21ClN2O3S/c1-14-5-3-4-6-16(14)11-20-18(22)13-21(25(2,23)24)12-15-7-9-17(19)10-8-15/h3-10H,11-13H2,1-2H3,(H,20,22). The van der Waals surface area contributed by atoms with E-state index in [0.29, 0.717) is 11.6 Å². The van der Waals surface area contributed by atoms with Crippen LogP contribution >= 0.6 is 11.6 Å². The summed E-state index contributed by atoms with van der Waals surface area (Å²) < 4.78 is 25.1. The van der Waals surface area contributed by atoms with Crippen molar-refractivity contribution in [1.82, 2.24) is 9.62 Å². The highest BCUT2D eigenvalue weighted by atomic mass is 35.5. The highest BCUT2D eigenvalue weighted by molar-refractivity contribution is 7.88. The van der Waals surface area contributed by atoms with Crippen LogP contribution in [0.25, 0.3) is 0 Å². The Hall–Kier alpha value is -1.89. The first-order valence-electron chi connectivity index (χ1n) is 7.76. The maximum atomic E-state index is 12.2. The number of carbonyl (C=O) groups excluding carboxylic acids is 1. The summed E-state index contributed by atoms with van der Waals surface area (Å²) in [6, 6.07) is 14.6. The molecule has 0 aliphatic rings. The number of hydrogen-bond acceptors (Lipinski definition) is 3. The second kappa shape index (κ2) is 8.47. The van der Waals surface area contributed by atoms with Crippen LogP contribution in [0.2, 0.25) is 5.02 Å². The lowest BCUT2D eigenvalue weighted by Gasteiger charge is -2.20. The van der Waals surface area contributed by atoms with Crippen LogP contribution < -0.4 is 5.32 Å². The topological polar surface area (TPSA) is 66.5 Å². The van der Waals surface area contributed by atoms with E-state index in [9.17, 15) is 13.2 Å². The van der Waals surface area contributed by atoms with Crippen molar-refractivity contribution >= 4 is 27.5 Å². The second-order valence-electron chi connectivity index (χ2n) is 5.86. The SMILES string of the molecule is Cc1ccccc1CNC(=O)CN(Cc1ccc(Cl)cc1)S(C)(=O)=O. The summed E-state index contributed by atoms with van der Waals surface area (Å²) in [5, 5.41) is 3.35. The van der Waals surface area contributed by atoms with Crippen molar-refractivity contribution in [3.63, 3.8) is 0 Å². The summed E-state index contributed by atoms with van der Waals surface area (Å²) in [6.07, 6.45) is 1.09. The number of benzene rings is 2. The van der Waals surface area contributed by atoms with Crippen molar-refractivity contribution in [2.24, 2.45) is 0 Å². The molecule has 134 valence electrons. The highest BCUT2D eigenvalue weighted by Crippen LogP contribution is 2.13. The zero-order chi connectivity index (χ0) is 18.4. The van der Waals surface area contributed by atoms with Crippen molar-refractivity contribution in [3.8, 4) is 0 Å². The largest absolute Gasteiger partial charge is 0.351 e. The fraction of sp³-hybridized carbons (Fsp3) is 0.278. The molecule has 0 aliphatic carbocycles. The maximum Gasteiger partial charge on any atom is 0.235 e. The second-order valence-corrected chi connectivity index (χ2v) is 8.28. The van der Waals surface area contributed by atoms with Gasteiger partial charge < -0.3 is 5.32 Å². The summed E-state index contributed by atoms with van der Waals surface area (Å²) in [5.74, 6) is -0.345. The molecule has 1 amide bonds. The average Bonchev–Trinajstić information content (AvgIpc) is 2.54. The lowest BCUT2D eigenvalue weighted by Crippen LogP contribution is -2.39. The number of nitrogens with one attached hydrogen (secondary N) is 1. The normalized spacial score (nSPS) is 11.5. The molecule has 0 radical (unpaired) electrons. The molecule has 0 spiro atoms. The molecule has 1 N–H and O–H groups in total. The number of amides is 1. The number of rotatable bonds is 7.